The van der Waals surface area contributed by atoms with Gasteiger partial charge in [-0.1, -0.05) is 18.2 Å². The quantitative estimate of drug-likeness (QED) is 0.692. The summed E-state index contributed by atoms with van der Waals surface area (Å²) in [4.78, 5) is 0. The Morgan fingerprint density at radius 1 is 1.17 bits per heavy atom. The maximum Gasteiger partial charge on any atom is 0.417 e. The first-order valence-electron chi connectivity index (χ1n) is 7.00. The van der Waals surface area contributed by atoms with E-state index in [4.69, 9.17) is 0 Å². The molecule has 2 heterocycles. The van der Waals surface area contributed by atoms with E-state index in [1.54, 1.807) is 0 Å². The number of rotatable bonds is 3. The van der Waals surface area contributed by atoms with Crippen LogP contribution in [0.3, 0.4) is 0 Å². The van der Waals surface area contributed by atoms with Crippen molar-refractivity contribution >= 4 is 6.21 Å². The Morgan fingerprint density at radius 2 is 1.92 bits per heavy atom. The lowest BCUT2D eigenvalue weighted by Crippen LogP contribution is -2.10. The van der Waals surface area contributed by atoms with Crippen molar-refractivity contribution in [3.05, 3.63) is 59.2 Å². The number of halogens is 3. The molecule has 3 rings (SSSR count). The van der Waals surface area contributed by atoms with Crippen molar-refractivity contribution in [2.24, 2.45) is 5.10 Å². The van der Waals surface area contributed by atoms with E-state index in [1.165, 1.54) is 33.9 Å². The molecule has 0 aliphatic rings. The Labute approximate surface area is 135 Å². The van der Waals surface area contributed by atoms with Crippen LogP contribution in [0.2, 0.25) is 0 Å². The molecule has 0 amide bonds. The molecule has 6 nitrogen and oxygen atoms in total. The van der Waals surface area contributed by atoms with E-state index in [2.05, 4.69) is 20.4 Å². The van der Waals surface area contributed by atoms with Gasteiger partial charge < -0.3 is 0 Å². The van der Waals surface area contributed by atoms with Gasteiger partial charge in [-0.25, -0.2) is 4.68 Å². The van der Waals surface area contributed by atoms with E-state index < -0.39 is 11.7 Å². The highest BCUT2D eigenvalue weighted by Crippen LogP contribution is 2.31. The van der Waals surface area contributed by atoms with Crippen LogP contribution in [-0.4, -0.2) is 30.9 Å². The standard InChI is InChI=1S/C15H13F3N6/c1-10-7-11(2)24(22-10)14-21-19-9-23(14)20-8-12-5-3-4-6-13(12)15(16,17)18/h3-9H,1-2H3/b20-8-. The summed E-state index contributed by atoms with van der Waals surface area (Å²) in [5.41, 5.74) is 0.800. The molecule has 124 valence electrons. The summed E-state index contributed by atoms with van der Waals surface area (Å²) >= 11 is 0. The van der Waals surface area contributed by atoms with Gasteiger partial charge in [-0.05, 0) is 26.0 Å². The third-order valence-electron chi connectivity index (χ3n) is 3.30. The average molecular weight is 334 g/mol. The lowest BCUT2D eigenvalue weighted by Gasteiger charge is -2.09. The van der Waals surface area contributed by atoms with Crippen molar-refractivity contribution in [1.29, 1.82) is 0 Å². The number of aromatic nitrogens is 5. The lowest BCUT2D eigenvalue weighted by molar-refractivity contribution is -0.137. The molecule has 1 aromatic carbocycles. The maximum atomic E-state index is 13.0. The number of hydrogen-bond acceptors (Lipinski definition) is 4. The number of aryl methyl sites for hydroxylation is 2. The second-order valence-electron chi connectivity index (χ2n) is 5.14. The molecule has 3 aromatic rings. The van der Waals surface area contributed by atoms with E-state index >= 15 is 0 Å². The second kappa shape index (κ2) is 5.91. The van der Waals surface area contributed by atoms with E-state index in [9.17, 15) is 13.2 Å². The van der Waals surface area contributed by atoms with Crippen LogP contribution in [-0.2, 0) is 6.18 Å². The minimum absolute atomic E-state index is 0.0435. The van der Waals surface area contributed by atoms with E-state index in [1.807, 2.05) is 19.9 Å². The molecular formula is C15H13F3N6. The summed E-state index contributed by atoms with van der Waals surface area (Å²) in [7, 11) is 0. The first-order chi connectivity index (χ1) is 11.4. The minimum Gasteiger partial charge on any atom is -0.202 e. The SMILES string of the molecule is Cc1cc(C)n(-c2nncn2/N=C\c2ccccc2C(F)(F)F)n1. The molecule has 9 heteroatoms. The Bertz CT molecular complexity index is 891. The molecule has 0 saturated heterocycles. The van der Waals surface area contributed by atoms with Gasteiger partial charge in [0.2, 0.25) is 0 Å². The van der Waals surface area contributed by atoms with Crippen LogP contribution in [0.25, 0.3) is 5.95 Å². The van der Waals surface area contributed by atoms with Crippen LogP contribution < -0.4 is 0 Å². The van der Waals surface area contributed by atoms with Gasteiger partial charge in [0.05, 0.1) is 17.5 Å². The van der Waals surface area contributed by atoms with Gasteiger partial charge in [-0.2, -0.15) is 28.0 Å². The topological polar surface area (TPSA) is 60.9 Å². The first kappa shape index (κ1) is 15.9. The maximum absolute atomic E-state index is 13.0. The molecule has 0 saturated carbocycles. The number of benzene rings is 1. The normalized spacial score (nSPS) is 12.2. The summed E-state index contributed by atoms with van der Waals surface area (Å²) in [6.45, 7) is 3.66. The minimum atomic E-state index is -4.45. The lowest BCUT2D eigenvalue weighted by atomic mass is 10.1. The Hall–Kier alpha value is -2.97. The second-order valence-corrected chi connectivity index (χ2v) is 5.14. The van der Waals surface area contributed by atoms with Gasteiger partial charge in [0.25, 0.3) is 5.95 Å². The van der Waals surface area contributed by atoms with Gasteiger partial charge >= 0.3 is 6.18 Å². The summed E-state index contributed by atoms with van der Waals surface area (Å²) in [5.74, 6) is 0.293. The van der Waals surface area contributed by atoms with Gasteiger partial charge in [-0.3, -0.25) is 0 Å². The van der Waals surface area contributed by atoms with Crippen LogP contribution in [0.15, 0.2) is 41.8 Å². The van der Waals surface area contributed by atoms with E-state index in [0.29, 0.717) is 5.95 Å². The highest BCUT2D eigenvalue weighted by Gasteiger charge is 2.32. The first-order valence-corrected chi connectivity index (χ1v) is 7.00. The predicted octanol–water partition coefficient (Wildman–Crippen LogP) is 2.98. The molecular weight excluding hydrogens is 321 g/mol. The smallest absolute Gasteiger partial charge is 0.202 e. The molecule has 24 heavy (non-hydrogen) atoms. The fraction of sp³-hybridized carbons (Fsp3) is 0.200. The Balaban J connectivity index is 1.98. The average Bonchev–Trinajstić information content (AvgIpc) is 3.10. The van der Waals surface area contributed by atoms with Gasteiger partial charge in [0.15, 0.2) is 0 Å². The molecule has 0 fully saturated rings. The summed E-state index contributed by atoms with van der Waals surface area (Å²) in [6, 6.07) is 7.06. The van der Waals surface area contributed by atoms with Crippen molar-refractivity contribution in [3.63, 3.8) is 0 Å². The molecule has 0 unspecified atom stereocenters. The monoisotopic (exact) mass is 334 g/mol. The molecule has 0 aliphatic carbocycles. The number of nitrogens with zero attached hydrogens (tertiary/aromatic N) is 6. The fourth-order valence-corrected chi connectivity index (χ4v) is 2.27. The Kier molecular flexibility index (Phi) is 3.92. The van der Waals surface area contributed by atoms with Crippen LogP contribution in [0.1, 0.15) is 22.5 Å². The zero-order valence-corrected chi connectivity index (χ0v) is 12.9. The van der Waals surface area contributed by atoms with Gasteiger partial charge in [0.1, 0.15) is 6.33 Å². The molecule has 0 atom stereocenters. The third kappa shape index (κ3) is 3.05. The highest BCUT2D eigenvalue weighted by molar-refractivity contribution is 5.82. The van der Waals surface area contributed by atoms with Crippen LogP contribution in [0.4, 0.5) is 13.2 Å². The molecule has 0 bridgehead atoms. The third-order valence-corrected chi connectivity index (χ3v) is 3.30. The van der Waals surface area contributed by atoms with Crippen molar-refractivity contribution in [3.8, 4) is 5.95 Å². The van der Waals surface area contributed by atoms with Crippen molar-refractivity contribution in [1.82, 2.24) is 24.7 Å². The summed E-state index contributed by atoms with van der Waals surface area (Å²) in [6.07, 6.45) is -2.02. The number of hydrogen-bond donors (Lipinski definition) is 0. The van der Waals surface area contributed by atoms with Crippen LogP contribution in [0.5, 0.6) is 0 Å². The van der Waals surface area contributed by atoms with Crippen LogP contribution >= 0.6 is 0 Å². The van der Waals surface area contributed by atoms with E-state index in [0.717, 1.165) is 23.7 Å². The predicted molar refractivity (Wildman–Crippen MR) is 81.1 cm³/mol. The summed E-state index contributed by atoms with van der Waals surface area (Å²) < 4.78 is 41.8. The zero-order valence-electron chi connectivity index (χ0n) is 12.9. The number of alkyl halides is 3. The van der Waals surface area contributed by atoms with Crippen molar-refractivity contribution in [2.75, 3.05) is 0 Å². The summed E-state index contributed by atoms with van der Waals surface area (Å²) in [5, 5.41) is 16.0. The fourth-order valence-electron chi connectivity index (χ4n) is 2.27. The highest BCUT2D eigenvalue weighted by atomic mass is 19.4. The largest absolute Gasteiger partial charge is 0.417 e. The molecule has 0 N–H and O–H groups in total. The van der Waals surface area contributed by atoms with Gasteiger partial charge in [0, 0.05) is 11.3 Å². The zero-order chi connectivity index (χ0) is 17.3. The van der Waals surface area contributed by atoms with Gasteiger partial charge in [-0.15, -0.1) is 10.2 Å². The molecule has 0 radical (unpaired) electrons. The molecule has 0 spiro atoms. The van der Waals surface area contributed by atoms with Crippen LogP contribution in [0, 0.1) is 13.8 Å². The Morgan fingerprint density at radius 3 is 2.58 bits per heavy atom. The van der Waals surface area contributed by atoms with Crippen molar-refractivity contribution in [2.45, 2.75) is 20.0 Å². The molecule has 2 aromatic heterocycles. The van der Waals surface area contributed by atoms with Crippen molar-refractivity contribution < 1.29 is 13.2 Å². The molecule has 0 aliphatic heterocycles. The van der Waals surface area contributed by atoms with E-state index in [-0.39, 0.29) is 5.56 Å².